The number of nitrogens with two attached hydrogens (primary N) is 1. The van der Waals surface area contributed by atoms with Gasteiger partial charge in [0, 0.05) is 25.7 Å². The normalized spacial score (nSPS) is 18.6. The second-order valence-electron chi connectivity index (χ2n) is 4.95. The molecule has 0 radical (unpaired) electrons. The van der Waals surface area contributed by atoms with Gasteiger partial charge in [-0.05, 0) is 6.42 Å². The number of nitrogens with one attached hydrogen (secondary N) is 1. The van der Waals surface area contributed by atoms with Crippen molar-refractivity contribution in [1.82, 2.24) is 15.3 Å². The molecule has 0 spiro atoms. The van der Waals surface area contributed by atoms with Crippen molar-refractivity contribution in [1.29, 1.82) is 0 Å². The molecular weight excluding hydrogens is 294 g/mol. The molecule has 0 aromatic carbocycles. The van der Waals surface area contributed by atoms with Crippen LogP contribution in [0.2, 0.25) is 5.15 Å². The number of halogens is 1. The fraction of sp³-hybridized carbons (Fsp3) is 0.615. The molecule has 0 saturated carbocycles. The quantitative estimate of drug-likeness (QED) is 0.803. The van der Waals surface area contributed by atoms with Gasteiger partial charge >= 0.3 is 5.97 Å². The first-order chi connectivity index (χ1) is 10.1. The zero-order valence-corrected chi connectivity index (χ0v) is 13.0. The van der Waals surface area contributed by atoms with Gasteiger partial charge < -0.3 is 20.7 Å². The van der Waals surface area contributed by atoms with Gasteiger partial charge in [-0.3, -0.25) is 0 Å². The number of carbonyl (C=O) groups is 1. The maximum atomic E-state index is 11.5. The SMILES string of the molecule is CCC[C@H]1CN(c2nc(N)c(C(=O)OC)nc2Cl)CCN1. The first kappa shape index (κ1) is 15.8. The molecule has 1 atom stereocenters. The van der Waals surface area contributed by atoms with Gasteiger partial charge in [0.15, 0.2) is 22.5 Å². The van der Waals surface area contributed by atoms with Gasteiger partial charge in [-0.25, -0.2) is 14.8 Å². The lowest BCUT2D eigenvalue weighted by atomic mass is 10.1. The Morgan fingerprint density at radius 3 is 3.00 bits per heavy atom. The molecule has 1 aromatic heterocycles. The van der Waals surface area contributed by atoms with E-state index in [1.165, 1.54) is 7.11 Å². The topological polar surface area (TPSA) is 93.4 Å². The Morgan fingerprint density at radius 1 is 1.57 bits per heavy atom. The lowest BCUT2D eigenvalue weighted by Gasteiger charge is -2.34. The van der Waals surface area contributed by atoms with Gasteiger partial charge in [-0.2, -0.15) is 0 Å². The highest BCUT2D eigenvalue weighted by molar-refractivity contribution is 6.32. The maximum absolute atomic E-state index is 11.5. The zero-order valence-electron chi connectivity index (χ0n) is 12.2. The number of ether oxygens (including phenoxy) is 1. The molecule has 7 nitrogen and oxygen atoms in total. The van der Waals surface area contributed by atoms with E-state index in [4.69, 9.17) is 17.3 Å². The highest BCUT2D eigenvalue weighted by Gasteiger charge is 2.24. The van der Waals surface area contributed by atoms with Gasteiger partial charge in [0.05, 0.1) is 7.11 Å². The fourth-order valence-corrected chi connectivity index (χ4v) is 2.67. The number of hydrogen-bond donors (Lipinski definition) is 2. The van der Waals surface area contributed by atoms with E-state index in [1.54, 1.807) is 0 Å². The number of aromatic nitrogens is 2. The Labute approximate surface area is 128 Å². The summed E-state index contributed by atoms with van der Waals surface area (Å²) >= 11 is 6.16. The monoisotopic (exact) mass is 313 g/mol. The van der Waals surface area contributed by atoms with Crippen molar-refractivity contribution < 1.29 is 9.53 Å². The number of methoxy groups -OCH3 is 1. The van der Waals surface area contributed by atoms with E-state index in [0.29, 0.717) is 11.9 Å². The van der Waals surface area contributed by atoms with Crippen LogP contribution in [0.15, 0.2) is 0 Å². The zero-order chi connectivity index (χ0) is 15.4. The molecule has 1 aliphatic heterocycles. The van der Waals surface area contributed by atoms with Crippen molar-refractivity contribution in [3.05, 3.63) is 10.8 Å². The molecule has 1 fully saturated rings. The number of nitrogens with zero attached hydrogens (tertiary/aromatic N) is 3. The van der Waals surface area contributed by atoms with Crippen LogP contribution in [0.4, 0.5) is 11.6 Å². The minimum atomic E-state index is -0.641. The summed E-state index contributed by atoms with van der Waals surface area (Å²) in [4.78, 5) is 21.8. The third kappa shape index (κ3) is 3.54. The summed E-state index contributed by atoms with van der Waals surface area (Å²) in [7, 11) is 1.26. The second-order valence-corrected chi connectivity index (χ2v) is 5.31. The van der Waals surface area contributed by atoms with E-state index in [9.17, 15) is 4.79 Å². The van der Waals surface area contributed by atoms with Crippen molar-refractivity contribution in [3.8, 4) is 0 Å². The second kappa shape index (κ2) is 6.91. The Hall–Kier alpha value is -1.60. The Balaban J connectivity index is 2.24. The summed E-state index contributed by atoms with van der Waals surface area (Å²) in [6, 6.07) is 0.392. The van der Waals surface area contributed by atoms with Gasteiger partial charge in [-0.15, -0.1) is 0 Å². The van der Waals surface area contributed by atoms with Crippen molar-refractivity contribution in [2.24, 2.45) is 0 Å². The van der Waals surface area contributed by atoms with E-state index in [-0.39, 0.29) is 16.7 Å². The molecule has 0 amide bonds. The van der Waals surface area contributed by atoms with Crippen LogP contribution in [0.25, 0.3) is 0 Å². The molecule has 2 rings (SSSR count). The van der Waals surface area contributed by atoms with Crippen LogP contribution in [-0.4, -0.2) is 48.7 Å². The van der Waals surface area contributed by atoms with E-state index < -0.39 is 5.97 Å². The first-order valence-electron chi connectivity index (χ1n) is 6.96. The average molecular weight is 314 g/mol. The molecule has 1 aromatic rings. The smallest absolute Gasteiger partial charge is 0.360 e. The minimum Gasteiger partial charge on any atom is -0.464 e. The summed E-state index contributed by atoms with van der Waals surface area (Å²) in [6.07, 6.45) is 2.19. The number of carbonyl (C=O) groups excluding carboxylic acids is 1. The molecule has 116 valence electrons. The predicted molar refractivity (Wildman–Crippen MR) is 81.7 cm³/mol. The number of hydrogen-bond acceptors (Lipinski definition) is 7. The number of esters is 1. The van der Waals surface area contributed by atoms with Crippen LogP contribution >= 0.6 is 11.6 Å². The maximum Gasteiger partial charge on any atom is 0.360 e. The molecule has 21 heavy (non-hydrogen) atoms. The van der Waals surface area contributed by atoms with Crippen molar-refractivity contribution in [2.75, 3.05) is 37.4 Å². The first-order valence-corrected chi connectivity index (χ1v) is 7.34. The summed E-state index contributed by atoms with van der Waals surface area (Å²) in [6.45, 7) is 4.56. The number of rotatable bonds is 4. The summed E-state index contributed by atoms with van der Waals surface area (Å²) in [5.74, 6) is -0.0890. The fourth-order valence-electron chi connectivity index (χ4n) is 2.43. The van der Waals surface area contributed by atoms with Crippen molar-refractivity contribution >= 4 is 29.2 Å². The molecule has 1 saturated heterocycles. The highest BCUT2D eigenvalue weighted by Crippen LogP contribution is 2.25. The Morgan fingerprint density at radius 2 is 2.33 bits per heavy atom. The Bertz CT molecular complexity index is 524. The highest BCUT2D eigenvalue weighted by atomic mass is 35.5. The predicted octanol–water partition coefficient (Wildman–Crippen LogP) is 1.08. The van der Waals surface area contributed by atoms with Crippen molar-refractivity contribution in [2.45, 2.75) is 25.8 Å². The summed E-state index contributed by atoms with van der Waals surface area (Å²) in [5, 5.41) is 3.62. The van der Waals surface area contributed by atoms with E-state index in [1.807, 2.05) is 4.90 Å². The molecule has 0 unspecified atom stereocenters. The van der Waals surface area contributed by atoms with Gasteiger partial charge in [-0.1, -0.05) is 24.9 Å². The number of nitrogen functional groups attached to an aromatic ring is 1. The van der Waals surface area contributed by atoms with E-state index in [0.717, 1.165) is 32.5 Å². The largest absolute Gasteiger partial charge is 0.464 e. The van der Waals surface area contributed by atoms with E-state index >= 15 is 0 Å². The lowest BCUT2D eigenvalue weighted by Crippen LogP contribution is -2.51. The standard InChI is InChI=1S/C13H20ClN5O2/c1-3-4-8-7-19(6-5-16-8)12-10(14)17-9(11(15)18-12)13(20)21-2/h8,16H,3-7H2,1-2H3,(H2,15,18)/t8-/m0/s1. The molecule has 8 heteroatoms. The Kier molecular flexibility index (Phi) is 5.19. The van der Waals surface area contributed by atoms with Crippen LogP contribution in [-0.2, 0) is 4.74 Å². The molecule has 0 aliphatic carbocycles. The van der Waals surface area contributed by atoms with Gasteiger partial charge in [0.1, 0.15) is 0 Å². The summed E-state index contributed by atoms with van der Waals surface area (Å²) in [5.41, 5.74) is 5.74. The minimum absolute atomic E-state index is 0.0341. The van der Waals surface area contributed by atoms with Crippen LogP contribution in [0.3, 0.4) is 0 Å². The molecular formula is C13H20ClN5O2. The number of piperazine rings is 1. The van der Waals surface area contributed by atoms with Crippen LogP contribution in [0.1, 0.15) is 30.3 Å². The molecule has 1 aliphatic rings. The molecule has 3 N–H and O–H groups in total. The lowest BCUT2D eigenvalue weighted by molar-refractivity contribution is 0.0595. The van der Waals surface area contributed by atoms with Crippen LogP contribution in [0.5, 0.6) is 0 Å². The average Bonchev–Trinajstić information content (AvgIpc) is 2.49. The number of anilines is 2. The third-order valence-electron chi connectivity index (χ3n) is 3.43. The molecule has 0 bridgehead atoms. The van der Waals surface area contributed by atoms with Gasteiger partial charge in [0.25, 0.3) is 0 Å². The summed E-state index contributed by atoms with van der Waals surface area (Å²) < 4.78 is 4.60. The van der Waals surface area contributed by atoms with Crippen molar-refractivity contribution in [3.63, 3.8) is 0 Å². The van der Waals surface area contributed by atoms with E-state index in [2.05, 4.69) is 26.9 Å². The molecule has 2 heterocycles. The van der Waals surface area contributed by atoms with Crippen LogP contribution < -0.4 is 16.0 Å². The third-order valence-corrected chi connectivity index (χ3v) is 3.69. The van der Waals surface area contributed by atoms with Gasteiger partial charge in [0.2, 0.25) is 0 Å². The van der Waals surface area contributed by atoms with Crippen LogP contribution in [0, 0.1) is 0 Å².